The van der Waals surface area contributed by atoms with Gasteiger partial charge in [-0.2, -0.15) is 4.98 Å². The van der Waals surface area contributed by atoms with Gasteiger partial charge >= 0.3 is 0 Å². The normalized spacial score (nSPS) is 15.8. The molecule has 0 atom stereocenters. The maximum Gasteiger partial charge on any atom is 0.244 e. The van der Waals surface area contributed by atoms with E-state index in [4.69, 9.17) is 4.52 Å². The van der Waals surface area contributed by atoms with E-state index < -0.39 is 0 Å². The highest BCUT2D eigenvalue weighted by Crippen LogP contribution is 2.20. The number of nitrogens with one attached hydrogen (secondary N) is 1. The van der Waals surface area contributed by atoms with E-state index in [0.29, 0.717) is 0 Å². The van der Waals surface area contributed by atoms with Crippen molar-refractivity contribution in [1.82, 2.24) is 25.2 Å². The van der Waals surface area contributed by atoms with E-state index in [0.717, 1.165) is 61.5 Å². The zero-order chi connectivity index (χ0) is 16.4. The van der Waals surface area contributed by atoms with Gasteiger partial charge in [0.15, 0.2) is 5.76 Å². The first-order chi connectivity index (χ1) is 11.8. The van der Waals surface area contributed by atoms with Crippen molar-refractivity contribution in [2.75, 3.05) is 31.1 Å². The number of hydrogen-bond acceptors (Lipinski definition) is 6. The highest BCUT2D eigenvalue weighted by atomic mass is 16.5. The minimum absolute atomic E-state index is 0.778. The zero-order valence-corrected chi connectivity index (χ0v) is 13.6. The molecule has 1 aromatic carbocycles. The molecule has 1 N–H and O–H groups in total. The van der Waals surface area contributed by atoms with Gasteiger partial charge in [0, 0.05) is 37.8 Å². The van der Waals surface area contributed by atoms with E-state index in [2.05, 4.69) is 30.1 Å². The molecule has 0 aliphatic carbocycles. The second-order valence-corrected chi connectivity index (χ2v) is 6.03. The molecule has 1 aliphatic heterocycles. The molecule has 3 heterocycles. The molecule has 7 nitrogen and oxygen atoms in total. The number of anilines is 1. The largest absolute Gasteiger partial charge is 0.359 e. The first-order valence-corrected chi connectivity index (χ1v) is 8.15. The molecule has 0 radical (unpaired) electrons. The van der Waals surface area contributed by atoms with Crippen LogP contribution in [0, 0.1) is 6.92 Å². The van der Waals surface area contributed by atoms with E-state index in [1.165, 1.54) is 0 Å². The summed E-state index contributed by atoms with van der Waals surface area (Å²) in [6.45, 7) is 6.43. The minimum atomic E-state index is 0.778. The van der Waals surface area contributed by atoms with Crippen LogP contribution < -0.4 is 4.90 Å². The predicted molar refractivity (Wildman–Crippen MR) is 90.5 cm³/mol. The summed E-state index contributed by atoms with van der Waals surface area (Å²) in [6, 6.07) is 12.1. The Kier molecular flexibility index (Phi) is 4.00. The number of rotatable bonds is 4. The third-order valence-electron chi connectivity index (χ3n) is 4.25. The first kappa shape index (κ1) is 14.9. The van der Waals surface area contributed by atoms with Gasteiger partial charge in [0.25, 0.3) is 0 Å². The molecule has 0 amide bonds. The van der Waals surface area contributed by atoms with Crippen LogP contribution in [0.25, 0.3) is 11.3 Å². The Bertz CT molecular complexity index is 788. The maximum absolute atomic E-state index is 5.50. The van der Waals surface area contributed by atoms with Crippen LogP contribution in [0.3, 0.4) is 0 Å². The highest BCUT2D eigenvalue weighted by molar-refractivity contribution is 5.58. The lowest BCUT2D eigenvalue weighted by molar-refractivity contribution is 0.219. The van der Waals surface area contributed by atoms with Crippen molar-refractivity contribution in [2.24, 2.45) is 0 Å². The SMILES string of the molecule is Cc1nc(N2CCN(Cc3cc(-c4ccccc4)no3)CC2)n[nH]1. The van der Waals surface area contributed by atoms with Gasteiger partial charge in [-0.25, -0.2) is 0 Å². The molecule has 1 aliphatic rings. The standard InChI is InChI=1S/C17H20N6O/c1-13-18-17(20-19-13)23-9-7-22(8-10-23)12-15-11-16(21-24-15)14-5-3-2-4-6-14/h2-6,11H,7-10,12H2,1H3,(H,18,19,20). The molecule has 1 fully saturated rings. The van der Waals surface area contributed by atoms with Crippen molar-refractivity contribution in [1.29, 1.82) is 0 Å². The van der Waals surface area contributed by atoms with Crippen LogP contribution in [0.5, 0.6) is 0 Å². The van der Waals surface area contributed by atoms with Crippen LogP contribution in [0.1, 0.15) is 11.6 Å². The summed E-state index contributed by atoms with van der Waals surface area (Å²) >= 11 is 0. The molecule has 0 saturated carbocycles. The van der Waals surface area contributed by atoms with Crippen molar-refractivity contribution >= 4 is 5.95 Å². The summed E-state index contributed by atoms with van der Waals surface area (Å²) in [5.41, 5.74) is 1.97. The van der Waals surface area contributed by atoms with Crippen LogP contribution in [0.15, 0.2) is 40.9 Å². The van der Waals surface area contributed by atoms with Gasteiger partial charge in [-0.15, -0.1) is 5.10 Å². The molecule has 24 heavy (non-hydrogen) atoms. The Hall–Kier alpha value is -2.67. The molecule has 2 aromatic heterocycles. The van der Waals surface area contributed by atoms with Gasteiger partial charge < -0.3 is 9.42 Å². The van der Waals surface area contributed by atoms with Gasteiger partial charge in [-0.3, -0.25) is 10.00 Å². The number of H-pyrrole nitrogens is 1. The van der Waals surface area contributed by atoms with Gasteiger partial charge in [-0.05, 0) is 6.92 Å². The lowest BCUT2D eigenvalue weighted by Crippen LogP contribution is -2.46. The van der Waals surface area contributed by atoms with Gasteiger partial charge in [-0.1, -0.05) is 35.5 Å². The van der Waals surface area contributed by atoms with Crippen molar-refractivity contribution < 1.29 is 4.52 Å². The lowest BCUT2D eigenvalue weighted by Gasteiger charge is -2.33. The van der Waals surface area contributed by atoms with Gasteiger partial charge in [0.1, 0.15) is 11.5 Å². The van der Waals surface area contributed by atoms with E-state index in [1.54, 1.807) is 0 Å². The van der Waals surface area contributed by atoms with E-state index in [1.807, 2.05) is 43.3 Å². The number of hydrogen-bond donors (Lipinski definition) is 1. The fourth-order valence-electron chi connectivity index (χ4n) is 2.93. The van der Waals surface area contributed by atoms with Crippen LogP contribution in [-0.4, -0.2) is 51.4 Å². The lowest BCUT2D eigenvalue weighted by atomic mass is 10.1. The summed E-state index contributed by atoms with van der Waals surface area (Å²) in [6.07, 6.45) is 0. The van der Waals surface area contributed by atoms with Crippen molar-refractivity contribution in [2.45, 2.75) is 13.5 Å². The van der Waals surface area contributed by atoms with Crippen molar-refractivity contribution in [3.05, 3.63) is 48.0 Å². The van der Waals surface area contributed by atoms with Crippen molar-refractivity contribution in [3.8, 4) is 11.3 Å². The molecule has 3 aromatic rings. The Balaban J connectivity index is 1.35. The molecule has 0 bridgehead atoms. The van der Waals surface area contributed by atoms with E-state index in [9.17, 15) is 0 Å². The maximum atomic E-state index is 5.50. The minimum Gasteiger partial charge on any atom is -0.359 e. The van der Waals surface area contributed by atoms with Crippen LogP contribution in [-0.2, 0) is 6.54 Å². The molecule has 7 heteroatoms. The summed E-state index contributed by atoms with van der Waals surface area (Å²) < 4.78 is 5.50. The van der Waals surface area contributed by atoms with Crippen molar-refractivity contribution in [3.63, 3.8) is 0 Å². The summed E-state index contributed by atoms with van der Waals surface area (Å²) in [7, 11) is 0. The van der Waals surface area contributed by atoms with Crippen LogP contribution >= 0.6 is 0 Å². The van der Waals surface area contributed by atoms with Gasteiger partial charge in [0.05, 0.1) is 6.54 Å². The summed E-state index contributed by atoms with van der Waals surface area (Å²) in [4.78, 5) is 8.96. The average Bonchev–Trinajstić information content (AvgIpc) is 3.26. The molecular weight excluding hydrogens is 304 g/mol. The summed E-state index contributed by atoms with van der Waals surface area (Å²) in [5, 5.41) is 11.3. The number of aromatic amines is 1. The van der Waals surface area contributed by atoms with Crippen LogP contribution in [0.4, 0.5) is 5.95 Å². The fraction of sp³-hybridized carbons (Fsp3) is 0.353. The van der Waals surface area contributed by atoms with Crippen LogP contribution in [0.2, 0.25) is 0 Å². The molecule has 1 saturated heterocycles. The Morgan fingerprint density at radius 2 is 1.92 bits per heavy atom. The van der Waals surface area contributed by atoms with E-state index >= 15 is 0 Å². The monoisotopic (exact) mass is 324 g/mol. The van der Waals surface area contributed by atoms with Gasteiger partial charge in [0.2, 0.25) is 5.95 Å². The average molecular weight is 324 g/mol. The fourth-order valence-corrected chi connectivity index (χ4v) is 2.93. The molecule has 0 spiro atoms. The first-order valence-electron chi connectivity index (χ1n) is 8.15. The zero-order valence-electron chi connectivity index (χ0n) is 13.6. The Labute approximate surface area is 140 Å². The molecular formula is C17H20N6O. The Morgan fingerprint density at radius 1 is 1.12 bits per heavy atom. The number of benzene rings is 1. The molecule has 4 rings (SSSR count). The second kappa shape index (κ2) is 6.45. The predicted octanol–water partition coefficient (Wildman–Crippen LogP) is 2.09. The third kappa shape index (κ3) is 3.16. The molecule has 0 unspecified atom stereocenters. The summed E-state index contributed by atoms with van der Waals surface area (Å²) in [5.74, 6) is 2.54. The molecule has 124 valence electrons. The number of nitrogens with zero attached hydrogens (tertiary/aromatic N) is 5. The Morgan fingerprint density at radius 3 is 2.62 bits per heavy atom. The third-order valence-corrected chi connectivity index (χ3v) is 4.25. The highest BCUT2D eigenvalue weighted by Gasteiger charge is 2.21. The number of aryl methyl sites for hydroxylation is 1. The number of piperazine rings is 1. The number of aromatic nitrogens is 4. The van der Waals surface area contributed by atoms with E-state index in [-0.39, 0.29) is 0 Å². The smallest absolute Gasteiger partial charge is 0.244 e. The topological polar surface area (TPSA) is 74.1 Å². The quantitative estimate of drug-likeness (QED) is 0.792. The second-order valence-electron chi connectivity index (χ2n) is 6.03.